The maximum Gasteiger partial charge on any atom is 0.178 e. The molecule has 0 saturated heterocycles. The molecule has 2 nitrogen and oxygen atoms in total. The maximum atomic E-state index is 12.4. The zero-order valence-corrected chi connectivity index (χ0v) is 14.5. The molecule has 116 valence electrons. The second kappa shape index (κ2) is 6.68. The minimum atomic E-state index is 0.0369. The summed E-state index contributed by atoms with van der Waals surface area (Å²) in [6.45, 7) is 5.03. The average Bonchev–Trinajstić information content (AvgIpc) is 2.41. The van der Waals surface area contributed by atoms with Gasteiger partial charge in [-0.2, -0.15) is 0 Å². The fourth-order valence-electron chi connectivity index (χ4n) is 2.98. The van der Waals surface area contributed by atoms with E-state index in [2.05, 4.69) is 18.7 Å². The lowest BCUT2D eigenvalue weighted by atomic mass is 9.75. The molecule has 4 heteroatoms. The molecule has 0 atom stereocenters. The van der Waals surface area contributed by atoms with E-state index in [0.717, 1.165) is 12.8 Å². The molecule has 1 aliphatic carbocycles. The quantitative estimate of drug-likeness (QED) is 0.719. The summed E-state index contributed by atoms with van der Waals surface area (Å²) in [7, 11) is 2.03. The van der Waals surface area contributed by atoms with Gasteiger partial charge >= 0.3 is 0 Å². The van der Waals surface area contributed by atoms with Crippen molar-refractivity contribution in [3.8, 4) is 0 Å². The van der Waals surface area contributed by atoms with Gasteiger partial charge in [0.1, 0.15) is 0 Å². The van der Waals surface area contributed by atoms with Crippen LogP contribution < -0.4 is 0 Å². The predicted octanol–water partition coefficient (Wildman–Crippen LogP) is 5.08. The fourth-order valence-corrected chi connectivity index (χ4v) is 3.37. The Morgan fingerprint density at radius 3 is 2.52 bits per heavy atom. The Hall–Kier alpha value is -0.570. The summed E-state index contributed by atoms with van der Waals surface area (Å²) in [5.74, 6) is 0.0369. The highest BCUT2D eigenvalue weighted by Gasteiger charge is 2.29. The summed E-state index contributed by atoms with van der Waals surface area (Å²) in [4.78, 5) is 14.6. The molecule has 1 fully saturated rings. The molecule has 0 aromatic heterocycles. The van der Waals surface area contributed by atoms with Crippen LogP contribution in [0.15, 0.2) is 18.2 Å². The third kappa shape index (κ3) is 4.45. The van der Waals surface area contributed by atoms with Crippen LogP contribution in [0.5, 0.6) is 0 Å². The van der Waals surface area contributed by atoms with Gasteiger partial charge in [0.25, 0.3) is 0 Å². The molecule has 21 heavy (non-hydrogen) atoms. The third-order valence-corrected chi connectivity index (χ3v) is 5.12. The number of benzene rings is 1. The van der Waals surface area contributed by atoms with E-state index >= 15 is 0 Å². The molecule has 0 N–H and O–H groups in total. The second-order valence-electron chi connectivity index (χ2n) is 6.86. The Morgan fingerprint density at radius 2 is 1.90 bits per heavy atom. The van der Waals surface area contributed by atoms with Gasteiger partial charge in [0.15, 0.2) is 5.78 Å². The Morgan fingerprint density at radius 1 is 1.29 bits per heavy atom. The Labute approximate surface area is 137 Å². The maximum absolute atomic E-state index is 12.4. The van der Waals surface area contributed by atoms with E-state index in [1.165, 1.54) is 12.8 Å². The van der Waals surface area contributed by atoms with Crippen LogP contribution in [0.3, 0.4) is 0 Å². The molecule has 0 aliphatic heterocycles. The van der Waals surface area contributed by atoms with E-state index in [9.17, 15) is 4.79 Å². The molecule has 1 aromatic rings. The number of halogens is 2. The average molecular weight is 328 g/mol. The predicted molar refractivity (Wildman–Crippen MR) is 89.5 cm³/mol. The van der Waals surface area contributed by atoms with Gasteiger partial charge in [-0.05, 0) is 56.3 Å². The van der Waals surface area contributed by atoms with Gasteiger partial charge in [-0.1, -0.05) is 37.0 Å². The van der Waals surface area contributed by atoms with Crippen molar-refractivity contribution in [1.29, 1.82) is 0 Å². The Bertz CT molecular complexity index is 518. The molecule has 1 aliphatic rings. The van der Waals surface area contributed by atoms with Crippen molar-refractivity contribution in [2.24, 2.45) is 5.41 Å². The summed E-state index contributed by atoms with van der Waals surface area (Å²) < 4.78 is 0. The molecule has 0 radical (unpaired) electrons. The molecular formula is C17H23Cl2NO. The second-order valence-corrected chi connectivity index (χ2v) is 7.70. The number of nitrogens with zero attached hydrogens (tertiary/aromatic N) is 1. The lowest BCUT2D eigenvalue weighted by molar-refractivity contribution is 0.0851. The van der Waals surface area contributed by atoms with Crippen LogP contribution in [0.4, 0.5) is 0 Å². The third-order valence-electron chi connectivity index (χ3n) is 4.55. The van der Waals surface area contributed by atoms with Crippen molar-refractivity contribution in [3.05, 3.63) is 33.8 Å². The van der Waals surface area contributed by atoms with Crippen molar-refractivity contribution in [1.82, 2.24) is 4.90 Å². The molecule has 0 amide bonds. The number of carbonyl (C=O) groups is 1. The minimum Gasteiger partial charge on any atom is -0.296 e. The molecule has 0 unspecified atom stereocenters. The first-order valence-corrected chi connectivity index (χ1v) is 8.22. The summed E-state index contributed by atoms with van der Waals surface area (Å²) >= 11 is 12.1. The first kappa shape index (κ1) is 16.8. The molecule has 2 rings (SSSR count). The number of hydrogen-bond donors (Lipinski definition) is 0. The van der Waals surface area contributed by atoms with Gasteiger partial charge in [-0.25, -0.2) is 0 Å². The monoisotopic (exact) mass is 327 g/mol. The zero-order valence-electron chi connectivity index (χ0n) is 13.0. The van der Waals surface area contributed by atoms with Crippen LogP contribution in [0.25, 0.3) is 0 Å². The van der Waals surface area contributed by atoms with Crippen molar-refractivity contribution in [2.75, 3.05) is 13.6 Å². The van der Waals surface area contributed by atoms with Crippen LogP contribution in [-0.2, 0) is 0 Å². The van der Waals surface area contributed by atoms with Crippen LogP contribution >= 0.6 is 23.2 Å². The topological polar surface area (TPSA) is 20.3 Å². The number of likely N-dealkylation sites (N-methyl/N-ethyl adjacent to an activating group) is 1. The van der Waals surface area contributed by atoms with Gasteiger partial charge in [0, 0.05) is 16.6 Å². The zero-order chi connectivity index (χ0) is 15.6. The molecule has 0 spiro atoms. The van der Waals surface area contributed by atoms with Crippen LogP contribution in [-0.4, -0.2) is 30.3 Å². The van der Waals surface area contributed by atoms with E-state index < -0.39 is 0 Å². The molecule has 1 aromatic carbocycles. The van der Waals surface area contributed by atoms with Gasteiger partial charge in [0.05, 0.1) is 11.6 Å². The van der Waals surface area contributed by atoms with Crippen LogP contribution in [0, 0.1) is 5.41 Å². The highest BCUT2D eigenvalue weighted by atomic mass is 35.5. The van der Waals surface area contributed by atoms with Gasteiger partial charge in [-0.3, -0.25) is 9.69 Å². The lowest BCUT2D eigenvalue weighted by Crippen LogP contribution is -2.39. The smallest absolute Gasteiger partial charge is 0.178 e. The van der Waals surface area contributed by atoms with Gasteiger partial charge < -0.3 is 0 Å². The van der Waals surface area contributed by atoms with Crippen molar-refractivity contribution < 1.29 is 4.79 Å². The fraction of sp³-hybridized carbons (Fsp3) is 0.588. The summed E-state index contributed by atoms with van der Waals surface area (Å²) in [5, 5.41) is 1.02. The van der Waals surface area contributed by atoms with E-state index in [1.54, 1.807) is 18.2 Å². The largest absolute Gasteiger partial charge is 0.296 e. The number of Topliss-reactive ketones (excluding diaryl/α,β-unsaturated/α-hetero) is 1. The van der Waals surface area contributed by atoms with E-state index in [1.807, 2.05) is 7.05 Å². The first-order chi connectivity index (χ1) is 9.78. The highest BCUT2D eigenvalue weighted by Crippen LogP contribution is 2.36. The number of rotatable bonds is 4. The number of hydrogen-bond acceptors (Lipinski definition) is 2. The molecule has 1 saturated carbocycles. The normalized spacial score (nSPS) is 19.0. The standard InChI is InChI=1S/C17H23Cl2NO/c1-17(2)8-6-13(7-9-17)20(3)11-16(21)14-10-12(18)4-5-15(14)19/h4-5,10,13H,6-9,11H2,1-3H3. The highest BCUT2D eigenvalue weighted by molar-refractivity contribution is 6.36. The SMILES string of the molecule is CN(CC(=O)c1cc(Cl)ccc1Cl)C1CCC(C)(C)CC1. The summed E-state index contributed by atoms with van der Waals surface area (Å²) in [5.41, 5.74) is 0.963. The molecular weight excluding hydrogens is 305 g/mol. The van der Waals surface area contributed by atoms with E-state index in [-0.39, 0.29) is 5.78 Å². The number of ketones is 1. The lowest BCUT2D eigenvalue weighted by Gasteiger charge is -2.38. The molecule has 0 bridgehead atoms. The summed E-state index contributed by atoms with van der Waals surface area (Å²) in [6.07, 6.45) is 4.74. The van der Waals surface area contributed by atoms with E-state index in [0.29, 0.717) is 33.6 Å². The first-order valence-electron chi connectivity index (χ1n) is 7.47. The van der Waals surface area contributed by atoms with Crippen LogP contribution in [0.2, 0.25) is 10.0 Å². The van der Waals surface area contributed by atoms with Gasteiger partial charge in [-0.15, -0.1) is 0 Å². The Kier molecular flexibility index (Phi) is 5.34. The molecule has 0 heterocycles. The van der Waals surface area contributed by atoms with Crippen molar-refractivity contribution >= 4 is 29.0 Å². The van der Waals surface area contributed by atoms with Gasteiger partial charge in [0.2, 0.25) is 0 Å². The summed E-state index contributed by atoms with van der Waals surface area (Å²) in [6, 6.07) is 5.53. The Balaban J connectivity index is 1.98. The van der Waals surface area contributed by atoms with Crippen LogP contribution in [0.1, 0.15) is 49.9 Å². The van der Waals surface area contributed by atoms with Crippen molar-refractivity contribution in [3.63, 3.8) is 0 Å². The van der Waals surface area contributed by atoms with Crippen molar-refractivity contribution in [2.45, 2.75) is 45.6 Å². The number of carbonyl (C=O) groups excluding carboxylic acids is 1. The minimum absolute atomic E-state index is 0.0369. The van der Waals surface area contributed by atoms with E-state index in [4.69, 9.17) is 23.2 Å².